The third-order valence-corrected chi connectivity index (χ3v) is 1.93. The lowest BCUT2D eigenvalue weighted by Gasteiger charge is -2.26. The van der Waals surface area contributed by atoms with Crippen molar-refractivity contribution in [2.45, 2.75) is 26.7 Å². The van der Waals surface area contributed by atoms with Crippen molar-refractivity contribution in [3.8, 4) is 6.07 Å². The quantitative estimate of drug-likeness (QED) is 0.483. The Morgan fingerprint density at radius 2 is 2.36 bits per heavy atom. The molecule has 1 aliphatic carbocycles. The standard InChI is InChI=1S/C10H13N/c1-10(2)6-3-4-9(8-10)5-7-11/h3-5H,6,8H2,1-2H3/b9-5+. The first-order chi connectivity index (χ1) is 5.14. The molecule has 58 valence electrons. The average molecular weight is 147 g/mol. The van der Waals surface area contributed by atoms with Gasteiger partial charge in [-0.1, -0.05) is 26.0 Å². The number of rotatable bonds is 0. The maximum absolute atomic E-state index is 8.43. The summed E-state index contributed by atoms with van der Waals surface area (Å²) in [5.74, 6) is 0. The van der Waals surface area contributed by atoms with Crippen LogP contribution in [0.4, 0.5) is 0 Å². The van der Waals surface area contributed by atoms with Crippen LogP contribution in [-0.4, -0.2) is 0 Å². The fraction of sp³-hybridized carbons (Fsp3) is 0.500. The van der Waals surface area contributed by atoms with Gasteiger partial charge in [0.05, 0.1) is 6.07 Å². The van der Waals surface area contributed by atoms with E-state index in [1.807, 2.05) is 0 Å². The van der Waals surface area contributed by atoms with E-state index in [4.69, 9.17) is 5.26 Å². The molecule has 0 saturated carbocycles. The molecule has 0 spiro atoms. The Morgan fingerprint density at radius 3 is 2.91 bits per heavy atom. The van der Waals surface area contributed by atoms with Gasteiger partial charge >= 0.3 is 0 Å². The minimum atomic E-state index is 0.345. The van der Waals surface area contributed by atoms with Gasteiger partial charge in [0.1, 0.15) is 0 Å². The fourth-order valence-electron chi connectivity index (χ4n) is 1.40. The lowest BCUT2D eigenvalue weighted by Crippen LogP contribution is -2.13. The van der Waals surface area contributed by atoms with Crippen LogP contribution < -0.4 is 0 Å². The second-order valence-corrected chi connectivity index (χ2v) is 3.80. The van der Waals surface area contributed by atoms with Crippen LogP contribution in [0.5, 0.6) is 0 Å². The molecule has 0 aromatic rings. The van der Waals surface area contributed by atoms with Gasteiger partial charge in [-0.2, -0.15) is 5.26 Å². The Bertz CT molecular complexity index is 238. The van der Waals surface area contributed by atoms with Crippen molar-refractivity contribution in [1.29, 1.82) is 5.26 Å². The van der Waals surface area contributed by atoms with Gasteiger partial charge in [0.15, 0.2) is 0 Å². The third kappa shape index (κ3) is 2.23. The normalized spacial score (nSPS) is 25.0. The summed E-state index contributed by atoms with van der Waals surface area (Å²) >= 11 is 0. The molecular weight excluding hydrogens is 134 g/mol. The van der Waals surface area contributed by atoms with Crippen LogP contribution >= 0.6 is 0 Å². The summed E-state index contributed by atoms with van der Waals surface area (Å²) in [6.45, 7) is 4.45. The second kappa shape index (κ2) is 2.92. The molecule has 1 nitrogen and oxygen atoms in total. The Balaban J connectivity index is 2.77. The number of hydrogen-bond acceptors (Lipinski definition) is 1. The van der Waals surface area contributed by atoms with E-state index < -0.39 is 0 Å². The van der Waals surface area contributed by atoms with Gasteiger partial charge in [0.25, 0.3) is 0 Å². The third-order valence-electron chi connectivity index (χ3n) is 1.93. The van der Waals surface area contributed by atoms with E-state index in [2.05, 4.69) is 32.1 Å². The fourth-order valence-corrected chi connectivity index (χ4v) is 1.40. The van der Waals surface area contributed by atoms with E-state index >= 15 is 0 Å². The topological polar surface area (TPSA) is 23.8 Å². The number of allylic oxidation sites excluding steroid dienone is 4. The molecule has 0 amide bonds. The Labute approximate surface area is 68.0 Å². The largest absolute Gasteiger partial charge is 0.193 e. The Morgan fingerprint density at radius 1 is 1.64 bits per heavy atom. The van der Waals surface area contributed by atoms with Crippen molar-refractivity contribution in [3.05, 3.63) is 23.8 Å². The van der Waals surface area contributed by atoms with E-state index in [0.29, 0.717) is 5.41 Å². The van der Waals surface area contributed by atoms with E-state index in [-0.39, 0.29) is 0 Å². The molecule has 0 aliphatic heterocycles. The molecule has 0 atom stereocenters. The molecule has 0 radical (unpaired) electrons. The van der Waals surface area contributed by atoms with E-state index in [1.165, 1.54) is 0 Å². The van der Waals surface area contributed by atoms with Crippen molar-refractivity contribution in [1.82, 2.24) is 0 Å². The first-order valence-corrected chi connectivity index (χ1v) is 3.89. The number of nitrogens with zero attached hydrogens (tertiary/aromatic N) is 1. The summed E-state index contributed by atoms with van der Waals surface area (Å²) in [4.78, 5) is 0. The zero-order valence-corrected chi connectivity index (χ0v) is 7.09. The summed E-state index contributed by atoms with van der Waals surface area (Å²) in [5, 5.41) is 8.43. The smallest absolute Gasteiger partial charge is 0.0914 e. The number of nitriles is 1. The Hall–Kier alpha value is -1.03. The highest BCUT2D eigenvalue weighted by atomic mass is 14.3. The molecule has 0 unspecified atom stereocenters. The molecule has 0 bridgehead atoms. The highest BCUT2D eigenvalue weighted by Gasteiger charge is 2.20. The van der Waals surface area contributed by atoms with Crippen LogP contribution in [0.3, 0.4) is 0 Å². The first-order valence-electron chi connectivity index (χ1n) is 3.89. The van der Waals surface area contributed by atoms with Crippen molar-refractivity contribution in [2.24, 2.45) is 5.41 Å². The molecule has 0 heterocycles. The van der Waals surface area contributed by atoms with Crippen LogP contribution in [0.1, 0.15) is 26.7 Å². The number of hydrogen-bond donors (Lipinski definition) is 0. The van der Waals surface area contributed by atoms with Crippen molar-refractivity contribution < 1.29 is 0 Å². The average Bonchev–Trinajstić information content (AvgIpc) is 1.85. The van der Waals surface area contributed by atoms with Gasteiger partial charge in [0, 0.05) is 6.08 Å². The SMILES string of the molecule is CC1(C)CC=C/C(=C\C#N)C1. The van der Waals surface area contributed by atoms with Gasteiger partial charge < -0.3 is 0 Å². The molecule has 0 aromatic carbocycles. The predicted molar refractivity (Wildman–Crippen MR) is 45.9 cm³/mol. The second-order valence-electron chi connectivity index (χ2n) is 3.80. The van der Waals surface area contributed by atoms with E-state index in [1.54, 1.807) is 6.08 Å². The maximum Gasteiger partial charge on any atom is 0.0914 e. The van der Waals surface area contributed by atoms with E-state index in [9.17, 15) is 0 Å². The van der Waals surface area contributed by atoms with Gasteiger partial charge in [-0.05, 0) is 23.8 Å². The van der Waals surface area contributed by atoms with Gasteiger partial charge in [-0.15, -0.1) is 0 Å². The van der Waals surface area contributed by atoms with Gasteiger partial charge in [0.2, 0.25) is 0 Å². The van der Waals surface area contributed by atoms with Crippen LogP contribution in [0.2, 0.25) is 0 Å². The molecule has 0 saturated heterocycles. The van der Waals surface area contributed by atoms with Crippen LogP contribution in [0.15, 0.2) is 23.8 Å². The van der Waals surface area contributed by atoms with Crippen molar-refractivity contribution in [3.63, 3.8) is 0 Å². The molecule has 1 rings (SSSR count). The van der Waals surface area contributed by atoms with Gasteiger partial charge in [-0.25, -0.2) is 0 Å². The lowest BCUT2D eigenvalue weighted by atomic mass is 9.79. The van der Waals surface area contributed by atoms with Crippen molar-refractivity contribution >= 4 is 0 Å². The first kappa shape index (κ1) is 8.07. The molecule has 0 aromatic heterocycles. The molecule has 1 aliphatic rings. The summed E-state index contributed by atoms with van der Waals surface area (Å²) in [6.07, 6.45) is 7.98. The summed E-state index contributed by atoms with van der Waals surface area (Å²) in [6, 6.07) is 2.06. The Kier molecular flexibility index (Phi) is 2.14. The maximum atomic E-state index is 8.43. The summed E-state index contributed by atoms with van der Waals surface area (Å²) in [5.41, 5.74) is 1.50. The summed E-state index contributed by atoms with van der Waals surface area (Å²) in [7, 11) is 0. The summed E-state index contributed by atoms with van der Waals surface area (Å²) < 4.78 is 0. The molecule has 0 fully saturated rings. The minimum absolute atomic E-state index is 0.345. The zero-order chi connectivity index (χ0) is 8.32. The van der Waals surface area contributed by atoms with Crippen molar-refractivity contribution in [2.75, 3.05) is 0 Å². The lowest BCUT2D eigenvalue weighted by molar-refractivity contribution is 0.362. The predicted octanol–water partition coefficient (Wildman–Crippen LogP) is 2.81. The minimum Gasteiger partial charge on any atom is -0.193 e. The molecular formula is C10H13N. The van der Waals surface area contributed by atoms with Gasteiger partial charge in [-0.3, -0.25) is 0 Å². The monoisotopic (exact) mass is 147 g/mol. The highest BCUT2D eigenvalue weighted by Crippen LogP contribution is 2.33. The van der Waals surface area contributed by atoms with Crippen LogP contribution in [0.25, 0.3) is 0 Å². The van der Waals surface area contributed by atoms with Crippen LogP contribution in [-0.2, 0) is 0 Å². The molecule has 11 heavy (non-hydrogen) atoms. The highest BCUT2D eigenvalue weighted by molar-refractivity contribution is 5.28. The molecule has 0 N–H and O–H groups in total. The van der Waals surface area contributed by atoms with E-state index in [0.717, 1.165) is 18.4 Å². The zero-order valence-electron chi connectivity index (χ0n) is 7.09. The molecule has 1 heteroatoms. The van der Waals surface area contributed by atoms with Crippen LogP contribution in [0, 0.1) is 16.7 Å².